The van der Waals surface area contributed by atoms with Crippen molar-refractivity contribution in [2.45, 2.75) is 6.04 Å². The second-order valence-corrected chi connectivity index (χ2v) is 1.18. The van der Waals surface area contributed by atoms with Crippen molar-refractivity contribution in [3.63, 3.8) is 0 Å². The molecule has 0 aliphatic heterocycles. The van der Waals surface area contributed by atoms with E-state index in [1.165, 1.54) is 0 Å². The minimum Gasteiger partial charge on any atom is -0.480 e. The molecule has 0 bridgehead atoms. The highest BCUT2D eigenvalue weighted by molar-refractivity contribution is 5.85. The van der Waals surface area contributed by atoms with Gasteiger partial charge in [-0.3, -0.25) is 4.79 Å². The molecule has 58 valence electrons. The van der Waals surface area contributed by atoms with E-state index in [-0.39, 0.29) is 31.4 Å². The van der Waals surface area contributed by atoms with Crippen LogP contribution in [0.5, 0.6) is 0 Å². The van der Waals surface area contributed by atoms with Crippen molar-refractivity contribution in [2.75, 3.05) is 6.54 Å². The Morgan fingerprint density at radius 3 is 1.89 bits per heavy atom. The van der Waals surface area contributed by atoms with Crippen molar-refractivity contribution in [1.82, 2.24) is 0 Å². The van der Waals surface area contributed by atoms with Gasteiger partial charge in [0.15, 0.2) is 0 Å². The minimum absolute atomic E-state index is 0. The highest BCUT2D eigenvalue weighted by atomic mass is 35.5. The molecule has 0 fully saturated rings. The van der Waals surface area contributed by atoms with Crippen LogP contribution in [0.25, 0.3) is 0 Å². The molecule has 0 unspecified atom stereocenters. The normalized spacial score (nSPS) is 10.4. The standard InChI is InChI=1S/C3H8N2O2.2ClH/c4-1-2(5)3(6)7;;/h2H,1,4-5H2,(H,6,7);2*1H/t2-;;/m0../s1. The summed E-state index contributed by atoms with van der Waals surface area (Å²) in [5.74, 6) is -1.05. The molecule has 5 N–H and O–H groups in total. The van der Waals surface area contributed by atoms with E-state index in [0.717, 1.165) is 0 Å². The molecular weight excluding hydrogens is 167 g/mol. The fourth-order valence-corrected chi connectivity index (χ4v) is 0.101. The van der Waals surface area contributed by atoms with Crippen molar-refractivity contribution in [3.05, 3.63) is 0 Å². The number of halogens is 2. The van der Waals surface area contributed by atoms with E-state index in [1.807, 2.05) is 0 Å². The molecule has 0 radical (unpaired) electrons. The molecule has 0 amide bonds. The Labute approximate surface area is 65.4 Å². The first kappa shape index (κ1) is 16.0. The van der Waals surface area contributed by atoms with Crippen LogP contribution in [-0.4, -0.2) is 23.7 Å². The van der Waals surface area contributed by atoms with Crippen LogP contribution in [0.3, 0.4) is 0 Å². The van der Waals surface area contributed by atoms with Gasteiger partial charge in [-0.2, -0.15) is 0 Å². The minimum atomic E-state index is -1.05. The summed E-state index contributed by atoms with van der Waals surface area (Å²) in [4.78, 5) is 9.73. The molecule has 0 aromatic rings. The maximum atomic E-state index is 9.73. The smallest absolute Gasteiger partial charge is 0.321 e. The van der Waals surface area contributed by atoms with Gasteiger partial charge < -0.3 is 16.6 Å². The third kappa shape index (κ3) is 7.97. The van der Waals surface area contributed by atoms with Gasteiger partial charge in [0, 0.05) is 6.54 Å². The molecule has 0 aromatic carbocycles. The summed E-state index contributed by atoms with van der Waals surface area (Å²) in [5, 5.41) is 7.98. The van der Waals surface area contributed by atoms with Gasteiger partial charge in [0.1, 0.15) is 6.04 Å². The largest absolute Gasteiger partial charge is 0.480 e. The van der Waals surface area contributed by atoms with E-state index in [4.69, 9.17) is 16.6 Å². The molecule has 0 saturated heterocycles. The third-order valence-electron chi connectivity index (χ3n) is 0.571. The first-order chi connectivity index (χ1) is 3.18. The molecule has 0 spiro atoms. The summed E-state index contributed by atoms with van der Waals surface area (Å²) < 4.78 is 0. The lowest BCUT2D eigenvalue weighted by Gasteiger charge is -1.97. The number of nitrogens with two attached hydrogens (primary N) is 2. The summed E-state index contributed by atoms with van der Waals surface area (Å²) in [6.45, 7) is -0.00463. The molecular formula is C3H10Cl2N2O2. The highest BCUT2D eigenvalue weighted by Gasteiger charge is 2.05. The summed E-state index contributed by atoms with van der Waals surface area (Å²) in [5.41, 5.74) is 9.76. The van der Waals surface area contributed by atoms with Gasteiger partial charge in [-0.25, -0.2) is 0 Å². The second-order valence-electron chi connectivity index (χ2n) is 1.18. The fourth-order valence-electron chi connectivity index (χ4n) is 0.101. The number of hydrogen-bond acceptors (Lipinski definition) is 3. The molecule has 0 saturated carbocycles. The fraction of sp³-hybridized carbons (Fsp3) is 0.667. The summed E-state index contributed by atoms with van der Waals surface area (Å²) in [6, 6.07) is -0.903. The Kier molecular flexibility index (Phi) is 14.2. The van der Waals surface area contributed by atoms with Crippen LogP contribution in [0, 0.1) is 0 Å². The zero-order valence-corrected chi connectivity index (χ0v) is 6.24. The molecule has 0 rings (SSSR count). The van der Waals surface area contributed by atoms with Gasteiger partial charge in [-0.05, 0) is 0 Å². The molecule has 1 atom stereocenters. The molecule has 4 nitrogen and oxygen atoms in total. The van der Waals surface area contributed by atoms with Crippen molar-refractivity contribution in [2.24, 2.45) is 11.5 Å². The van der Waals surface area contributed by atoms with E-state index >= 15 is 0 Å². The van der Waals surface area contributed by atoms with Crippen molar-refractivity contribution in [1.29, 1.82) is 0 Å². The van der Waals surface area contributed by atoms with E-state index in [2.05, 4.69) is 0 Å². The molecule has 9 heavy (non-hydrogen) atoms. The van der Waals surface area contributed by atoms with Crippen LogP contribution in [-0.2, 0) is 4.79 Å². The number of hydrogen-bond donors (Lipinski definition) is 3. The number of aliphatic carboxylic acids is 1. The van der Waals surface area contributed by atoms with Crippen molar-refractivity contribution >= 4 is 30.8 Å². The summed E-state index contributed by atoms with van der Waals surface area (Å²) >= 11 is 0. The monoisotopic (exact) mass is 176 g/mol. The van der Waals surface area contributed by atoms with E-state index in [0.29, 0.717) is 0 Å². The lowest BCUT2D eigenvalue weighted by Crippen LogP contribution is -2.37. The zero-order valence-electron chi connectivity index (χ0n) is 4.61. The molecule has 0 heterocycles. The Morgan fingerprint density at radius 2 is 1.89 bits per heavy atom. The van der Waals surface area contributed by atoms with Crippen LogP contribution >= 0.6 is 24.8 Å². The van der Waals surface area contributed by atoms with E-state index in [9.17, 15) is 4.79 Å². The topological polar surface area (TPSA) is 89.3 Å². The van der Waals surface area contributed by atoms with Gasteiger partial charge in [0.25, 0.3) is 0 Å². The number of carboxylic acids is 1. The van der Waals surface area contributed by atoms with Gasteiger partial charge in [-0.1, -0.05) is 0 Å². The predicted octanol–water partition coefficient (Wildman–Crippen LogP) is -0.799. The second kappa shape index (κ2) is 7.97. The van der Waals surface area contributed by atoms with Crippen LogP contribution in [0.15, 0.2) is 0 Å². The lowest BCUT2D eigenvalue weighted by molar-refractivity contribution is -0.138. The predicted molar refractivity (Wildman–Crippen MR) is 39.2 cm³/mol. The van der Waals surface area contributed by atoms with E-state index in [1.54, 1.807) is 0 Å². The summed E-state index contributed by atoms with van der Waals surface area (Å²) in [6.07, 6.45) is 0. The Hall–Kier alpha value is -0.0300. The Balaban J connectivity index is -0.000000180. The van der Waals surface area contributed by atoms with Crippen LogP contribution in [0.4, 0.5) is 0 Å². The Morgan fingerprint density at radius 1 is 1.56 bits per heavy atom. The maximum absolute atomic E-state index is 9.73. The van der Waals surface area contributed by atoms with Crippen molar-refractivity contribution in [3.8, 4) is 0 Å². The zero-order chi connectivity index (χ0) is 5.86. The summed E-state index contributed by atoms with van der Waals surface area (Å²) in [7, 11) is 0. The highest BCUT2D eigenvalue weighted by Crippen LogP contribution is 1.68. The average molecular weight is 177 g/mol. The first-order valence-corrected chi connectivity index (χ1v) is 1.87. The lowest BCUT2D eigenvalue weighted by atomic mass is 10.3. The molecule has 6 heteroatoms. The quantitative estimate of drug-likeness (QED) is 0.515. The van der Waals surface area contributed by atoms with Gasteiger partial charge >= 0.3 is 5.97 Å². The van der Waals surface area contributed by atoms with Gasteiger partial charge in [-0.15, -0.1) is 24.8 Å². The van der Waals surface area contributed by atoms with Crippen molar-refractivity contribution < 1.29 is 9.90 Å². The van der Waals surface area contributed by atoms with Crippen LogP contribution < -0.4 is 11.5 Å². The first-order valence-electron chi connectivity index (χ1n) is 1.87. The maximum Gasteiger partial charge on any atom is 0.321 e. The molecule has 0 aliphatic carbocycles. The SMILES string of the molecule is Cl.Cl.NC[C@H](N)C(=O)O. The number of carboxylic acid groups (broad SMARTS) is 1. The van der Waals surface area contributed by atoms with E-state index < -0.39 is 12.0 Å². The number of rotatable bonds is 2. The Bertz CT molecular complexity index is 80.2. The molecule has 0 aromatic heterocycles. The van der Waals surface area contributed by atoms with Gasteiger partial charge in [0.2, 0.25) is 0 Å². The average Bonchev–Trinajstić information content (AvgIpc) is 1.65. The number of carbonyl (C=O) groups is 1. The molecule has 0 aliphatic rings. The van der Waals surface area contributed by atoms with Crippen LogP contribution in [0.2, 0.25) is 0 Å². The van der Waals surface area contributed by atoms with Crippen LogP contribution in [0.1, 0.15) is 0 Å². The third-order valence-corrected chi connectivity index (χ3v) is 0.571. The van der Waals surface area contributed by atoms with Gasteiger partial charge in [0.05, 0.1) is 0 Å².